The Morgan fingerprint density at radius 2 is 1.83 bits per heavy atom. The van der Waals surface area contributed by atoms with Crippen molar-refractivity contribution in [1.29, 1.82) is 0 Å². The van der Waals surface area contributed by atoms with E-state index in [0.717, 1.165) is 24.1 Å². The maximum absolute atomic E-state index is 12.9. The Hall–Kier alpha value is -2.34. The summed E-state index contributed by atoms with van der Waals surface area (Å²) in [4.78, 5) is 4.46. The molecule has 3 aromatic rings. The number of aryl methyl sites for hydroxylation is 1. The fourth-order valence-electron chi connectivity index (χ4n) is 2.71. The van der Waals surface area contributed by atoms with Crippen molar-refractivity contribution < 1.29 is 17.9 Å². The smallest absolute Gasteiger partial charge is 0.385 e. The highest BCUT2D eigenvalue weighted by atomic mass is 19.4. The molecule has 1 aromatic heterocycles. The number of alkyl halides is 3. The number of fused-ring (bicyclic) bond motifs is 1. The van der Waals surface area contributed by atoms with E-state index in [1.807, 2.05) is 34.9 Å². The first-order valence-electron chi connectivity index (χ1n) is 7.62. The molecule has 1 heterocycles. The standard InChI is InChI=1S/C18H17F3N2O/c1-24-11-5-10-23-16-9-8-14(18(19,20)21)12-15(16)22-17(23)13-6-3-2-4-7-13/h2-4,6-9,12H,5,10-11H2,1H3. The second-order valence-electron chi connectivity index (χ2n) is 5.50. The van der Waals surface area contributed by atoms with Crippen LogP contribution in [0.5, 0.6) is 0 Å². The van der Waals surface area contributed by atoms with Crippen molar-refractivity contribution in [2.75, 3.05) is 13.7 Å². The minimum absolute atomic E-state index is 0.348. The Kier molecular flexibility index (Phi) is 4.57. The number of aromatic nitrogens is 2. The van der Waals surface area contributed by atoms with Gasteiger partial charge in [-0.3, -0.25) is 0 Å². The molecule has 0 spiro atoms. The first-order chi connectivity index (χ1) is 11.5. The van der Waals surface area contributed by atoms with E-state index in [1.165, 1.54) is 6.07 Å². The predicted octanol–water partition coefficient (Wildman–Crippen LogP) is 4.76. The molecule has 3 rings (SSSR count). The van der Waals surface area contributed by atoms with Crippen molar-refractivity contribution in [3.63, 3.8) is 0 Å². The van der Waals surface area contributed by atoms with Crippen LogP contribution in [0.25, 0.3) is 22.4 Å². The molecule has 3 nitrogen and oxygen atoms in total. The molecular formula is C18H17F3N2O. The first-order valence-corrected chi connectivity index (χ1v) is 7.62. The lowest BCUT2D eigenvalue weighted by atomic mass is 10.2. The zero-order chi connectivity index (χ0) is 17.2. The zero-order valence-electron chi connectivity index (χ0n) is 13.2. The van der Waals surface area contributed by atoms with Crippen LogP contribution in [0.15, 0.2) is 48.5 Å². The molecule has 24 heavy (non-hydrogen) atoms. The Balaban J connectivity index is 2.12. The summed E-state index contributed by atoms with van der Waals surface area (Å²) >= 11 is 0. The molecule has 0 fully saturated rings. The molecule has 126 valence electrons. The molecule has 0 N–H and O–H groups in total. The van der Waals surface area contributed by atoms with Gasteiger partial charge < -0.3 is 9.30 Å². The van der Waals surface area contributed by atoms with E-state index in [4.69, 9.17) is 4.74 Å². The van der Waals surface area contributed by atoms with Crippen LogP contribution >= 0.6 is 0 Å². The number of ether oxygens (including phenoxy) is 1. The number of nitrogens with zero attached hydrogens (tertiary/aromatic N) is 2. The van der Waals surface area contributed by atoms with Gasteiger partial charge in [0, 0.05) is 25.8 Å². The topological polar surface area (TPSA) is 27.1 Å². The summed E-state index contributed by atoms with van der Waals surface area (Å²) in [6, 6.07) is 13.2. The fraction of sp³-hybridized carbons (Fsp3) is 0.278. The van der Waals surface area contributed by atoms with Crippen molar-refractivity contribution in [2.24, 2.45) is 0 Å². The Morgan fingerprint density at radius 1 is 1.08 bits per heavy atom. The lowest BCUT2D eigenvalue weighted by molar-refractivity contribution is -0.137. The van der Waals surface area contributed by atoms with Gasteiger partial charge in [0.2, 0.25) is 0 Å². The van der Waals surface area contributed by atoms with Gasteiger partial charge in [-0.25, -0.2) is 4.98 Å². The lowest BCUT2D eigenvalue weighted by Gasteiger charge is -2.10. The third-order valence-corrected chi connectivity index (χ3v) is 3.84. The molecule has 0 saturated heterocycles. The summed E-state index contributed by atoms with van der Waals surface area (Å²) in [5.74, 6) is 0.668. The van der Waals surface area contributed by atoms with Gasteiger partial charge >= 0.3 is 6.18 Å². The summed E-state index contributed by atoms with van der Waals surface area (Å²) in [5, 5.41) is 0. The van der Waals surface area contributed by atoms with Crippen LogP contribution in [0.2, 0.25) is 0 Å². The van der Waals surface area contributed by atoms with Gasteiger partial charge in [0.1, 0.15) is 5.82 Å². The van der Waals surface area contributed by atoms with E-state index in [1.54, 1.807) is 7.11 Å². The van der Waals surface area contributed by atoms with Crippen LogP contribution in [0.3, 0.4) is 0 Å². The average molecular weight is 334 g/mol. The third kappa shape index (κ3) is 3.28. The van der Waals surface area contributed by atoms with Gasteiger partial charge in [-0.1, -0.05) is 30.3 Å². The molecule has 0 bridgehead atoms. The average Bonchev–Trinajstić information content (AvgIpc) is 2.93. The van der Waals surface area contributed by atoms with E-state index >= 15 is 0 Å². The number of hydrogen-bond acceptors (Lipinski definition) is 2. The number of hydrogen-bond donors (Lipinski definition) is 0. The van der Waals surface area contributed by atoms with Gasteiger partial charge in [-0.15, -0.1) is 0 Å². The minimum atomic E-state index is -4.37. The summed E-state index contributed by atoms with van der Waals surface area (Å²) < 4.78 is 45.9. The first kappa shape index (κ1) is 16.5. The van der Waals surface area contributed by atoms with E-state index in [0.29, 0.717) is 30.0 Å². The summed E-state index contributed by atoms with van der Waals surface area (Å²) in [5.41, 5.74) is 1.23. The van der Waals surface area contributed by atoms with Crippen LogP contribution in [-0.4, -0.2) is 23.3 Å². The molecule has 0 radical (unpaired) electrons. The lowest BCUT2D eigenvalue weighted by Crippen LogP contribution is -2.05. The van der Waals surface area contributed by atoms with Gasteiger partial charge in [0.15, 0.2) is 0 Å². The molecular weight excluding hydrogens is 317 g/mol. The van der Waals surface area contributed by atoms with Crippen LogP contribution in [-0.2, 0) is 17.5 Å². The highest BCUT2D eigenvalue weighted by molar-refractivity contribution is 5.81. The molecule has 0 aliphatic carbocycles. The summed E-state index contributed by atoms with van der Waals surface area (Å²) in [6.07, 6.45) is -3.62. The van der Waals surface area contributed by atoms with Crippen molar-refractivity contribution >= 4 is 11.0 Å². The van der Waals surface area contributed by atoms with Crippen LogP contribution in [0, 0.1) is 0 Å². The van der Waals surface area contributed by atoms with E-state index in [-0.39, 0.29) is 0 Å². The van der Waals surface area contributed by atoms with Crippen LogP contribution in [0.4, 0.5) is 13.2 Å². The highest BCUT2D eigenvalue weighted by Gasteiger charge is 2.31. The third-order valence-electron chi connectivity index (χ3n) is 3.84. The molecule has 0 aliphatic heterocycles. The highest BCUT2D eigenvalue weighted by Crippen LogP contribution is 2.33. The second kappa shape index (κ2) is 6.65. The van der Waals surface area contributed by atoms with Gasteiger partial charge in [-0.05, 0) is 24.6 Å². The number of imidazole rings is 1. The Labute approximate surface area is 137 Å². The molecule has 0 saturated carbocycles. The quantitative estimate of drug-likeness (QED) is 0.629. The summed E-state index contributed by atoms with van der Waals surface area (Å²) in [6.45, 7) is 1.20. The Bertz CT molecular complexity index is 825. The van der Waals surface area contributed by atoms with Gasteiger partial charge in [0.05, 0.1) is 16.6 Å². The van der Waals surface area contributed by atoms with Crippen LogP contribution in [0.1, 0.15) is 12.0 Å². The normalized spacial score (nSPS) is 12.0. The van der Waals surface area contributed by atoms with E-state index < -0.39 is 11.7 Å². The van der Waals surface area contributed by atoms with E-state index in [2.05, 4.69) is 4.98 Å². The number of halogens is 3. The molecule has 0 unspecified atom stereocenters. The molecule has 0 amide bonds. The molecule has 0 aliphatic rings. The van der Waals surface area contributed by atoms with Gasteiger partial charge in [0.25, 0.3) is 0 Å². The minimum Gasteiger partial charge on any atom is -0.385 e. The SMILES string of the molecule is COCCCn1c(-c2ccccc2)nc2cc(C(F)(F)F)ccc21. The number of benzene rings is 2. The molecule has 2 aromatic carbocycles. The largest absolute Gasteiger partial charge is 0.416 e. The van der Waals surface area contributed by atoms with E-state index in [9.17, 15) is 13.2 Å². The van der Waals surface area contributed by atoms with Crippen LogP contribution < -0.4 is 0 Å². The monoisotopic (exact) mass is 334 g/mol. The molecule has 0 atom stereocenters. The second-order valence-corrected chi connectivity index (χ2v) is 5.50. The number of methoxy groups -OCH3 is 1. The van der Waals surface area contributed by atoms with Crippen molar-refractivity contribution in [1.82, 2.24) is 9.55 Å². The maximum Gasteiger partial charge on any atom is 0.416 e. The molecule has 6 heteroatoms. The van der Waals surface area contributed by atoms with Gasteiger partial charge in [-0.2, -0.15) is 13.2 Å². The van der Waals surface area contributed by atoms with Crippen molar-refractivity contribution in [3.8, 4) is 11.4 Å². The fourth-order valence-corrected chi connectivity index (χ4v) is 2.71. The number of rotatable bonds is 5. The summed E-state index contributed by atoms with van der Waals surface area (Å²) in [7, 11) is 1.62. The van der Waals surface area contributed by atoms with Crippen molar-refractivity contribution in [2.45, 2.75) is 19.1 Å². The predicted molar refractivity (Wildman–Crippen MR) is 86.7 cm³/mol. The van der Waals surface area contributed by atoms with Crippen molar-refractivity contribution in [3.05, 3.63) is 54.1 Å². The Morgan fingerprint density at radius 3 is 2.50 bits per heavy atom. The zero-order valence-corrected chi connectivity index (χ0v) is 13.2. The maximum atomic E-state index is 12.9.